The highest BCUT2D eigenvalue weighted by atomic mass is 79.9. The molecule has 0 atom stereocenters. The predicted octanol–water partition coefficient (Wildman–Crippen LogP) is 3.60. The molecule has 0 bridgehead atoms. The first-order valence-corrected chi connectivity index (χ1v) is 8.71. The topological polar surface area (TPSA) is 58.6 Å². The number of nitrogens with zero attached hydrogens (tertiary/aromatic N) is 1. The van der Waals surface area contributed by atoms with Gasteiger partial charge in [-0.1, -0.05) is 15.9 Å². The summed E-state index contributed by atoms with van der Waals surface area (Å²) in [5.41, 5.74) is 1.30. The molecular weight excluding hydrogens is 384 g/mol. The Morgan fingerprint density at radius 1 is 1.08 bits per heavy atom. The molecule has 132 valence electrons. The van der Waals surface area contributed by atoms with Crippen LogP contribution in [0.1, 0.15) is 17.3 Å². The second-order valence-corrected chi connectivity index (χ2v) is 6.64. The van der Waals surface area contributed by atoms with Crippen LogP contribution < -0.4 is 10.1 Å². The number of ether oxygens (including phenoxy) is 1. The largest absolute Gasteiger partial charge is 0.492 e. The van der Waals surface area contributed by atoms with E-state index in [0.717, 1.165) is 10.2 Å². The molecule has 1 N–H and O–H groups in total. The lowest BCUT2D eigenvalue weighted by molar-refractivity contribution is -0.117. The number of anilines is 1. The third kappa shape index (κ3) is 6.68. The van der Waals surface area contributed by atoms with Crippen molar-refractivity contribution in [2.24, 2.45) is 0 Å². The van der Waals surface area contributed by atoms with Crippen molar-refractivity contribution in [2.45, 2.75) is 6.92 Å². The Morgan fingerprint density at radius 2 is 1.72 bits per heavy atom. The Bertz CT molecular complexity index is 714. The van der Waals surface area contributed by atoms with Gasteiger partial charge >= 0.3 is 0 Å². The van der Waals surface area contributed by atoms with E-state index < -0.39 is 0 Å². The van der Waals surface area contributed by atoms with E-state index in [1.54, 1.807) is 24.3 Å². The number of Topliss-reactive ketones (excluding diaryl/α,β-unsaturated/α-hetero) is 1. The predicted molar refractivity (Wildman–Crippen MR) is 102 cm³/mol. The van der Waals surface area contributed by atoms with Gasteiger partial charge in [0.25, 0.3) is 0 Å². The lowest BCUT2D eigenvalue weighted by Crippen LogP contribution is -2.33. The Kier molecular flexibility index (Phi) is 7.16. The van der Waals surface area contributed by atoms with Crippen LogP contribution in [0.15, 0.2) is 53.0 Å². The zero-order chi connectivity index (χ0) is 18.2. The quantitative estimate of drug-likeness (QED) is 0.682. The van der Waals surface area contributed by atoms with E-state index >= 15 is 0 Å². The molecule has 0 saturated heterocycles. The van der Waals surface area contributed by atoms with Crippen LogP contribution in [-0.4, -0.2) is 43.3 Å². The molecule has 0 fully saturated rings. The second kappa shape index (κ2) is 9.34. The minimum atomic E-state index is -0.110. The van der Waals surface area contributed by atoms with Gasteiger partial charge in [0.05, 0.1) is 6.54 Å². The molecule has 0 unspecified atom stereocenters. The highest BCUT2D eigenvalue weighted by molar-refractivity contribution is 9.10. The van der Waals surface area contributed by atoms with Gasteiger partial charge in [-0.25, -0.2) is 0 Å². The van der Waals surface area contributed by atoms with E-state index in [0.29, 0.717) is 24.4 Å². The molecule has 0 spiro atoms. The van der Waals surface area contributed by atoms with Crippen molar-refractivity contribution in [2.75, 3.05) is 32.1 Å². The van der Waals surface area contributed by atoms with E-state index in [1.807, 2.05) is 36.2 Å². The van der Waals surface area contributed by atoms with Crippen LogP contribution in [0.5, 0.6) is 5.75 Å². The fourth-order valence-corrected chi connectivity index (χ4v) is 2.43. The lowest BCUT2D eigenvalue weighted by Gasteiger charge is -2.16. The SMILES string of the molecule is CC(=O)c1ccc(NC(=O)CN(C)CCOc2ccc(Br)cc2)cc1. The number of likely N-dealkylation sites (N-methyl/N-ethyl adjacent to an activating group) is 1. The molecule has 5 nitrogen and oxygen atoms in total. The number of carbonyl (C=O) groups is 2. The van der Waals surface area contributed by atoms with Gasteiger partial charge in [-0.15, -0.1) is 0 Å². The molecule has 0 heterocycles. The Balaban J connectivity index is 1.72. The number of carbonyl (C=O) groups excluding carboxylic acids is 2. The van der Waals surface area contributed by atoms with Gasteiger partial charge in [-0.2, -0.15) is 0 Å². The molecule has 2 aromatic carbocycles. The molecule has 0 aliphatic carbocycles. The lowest BCUT2D eigenvalue weighted by atomic mass is 10.1. The Labute approximate surface area is 156 Å². The summed E-state index contributed by atoms with van der Waals surface area (Å²) in [6.45, 7) is 2.91. The second-order valence-electron chi connectivity index (χ2n) is 5.72. The molecule has 2 aromatic rings. The van der Waals surface area contributed by atoms with Gasteiger partial charge in [0.15, 0.2) is 5.78 Å². The van der Waals surface area contributed by atoms with Crippen LogP contribution in [0.2, 0.25) is 0 Å². The zero-order valence-electron chi connectivity index (χ0n) is 14.3. The fourth-order valence-electron chi connectivity index (χ4n) is 2.16. The summed E-state index contributed by atoms with van der Waals surface area (Å²) in [6.07, 6.45) is 0. The van der Waals surface area contributed by atoms with Crippen molar-refractivity contribution >= 4 is 33.3 Å². The summed E-state index contributed by atoms with van der Waals surface area (Å²) in [7, 11) is 1.86. The van der Waals surface area contributed by atoms with Crippen LogP contribution >= 0.6 is 15.9 Å². The molecule has 6 heteroatoms. The van der Waals surface area contributed by atoms with Crippen LogP contribution in [0.3, 0.4) is 0 Å². The zero-order valence-corrected chi connectivity index (χ0v) is 15.9. The van der Waals surface area contributed by atoms with Crippen molar-refractivity contribution in [1.82, 2.24) is 4.90 Å². The van der Waals surface area contributed by atoms with Gasteiger partial charge in [0, 0.05) is 22.3 Å². The van der Waals surface area contributed by atoms with E-state index in [9.17, 15) is 9.59 Å². The van der Waals surface area contributed by atoms with Crippen LogP contribution in [0, 0.1) is 0 Å². The van der Waals surface area contributed by atoms with Gasteiger partial charge in [0.1, 0.15) is 12.4 Å². The monoisotopic (exact) mass is 404 g/mol. The maximum absolute atomic E-state index is 12.0. The number of ketones is 1. The van der Waals surface area contributed by atoms with Gasteiger partial charge in [-0.05, 0) is 62.5 Å². The summed E-state index contributed by atoms with van der Waals surface area (Å²) in [4.78, 5) is 25.2. The molecule has 25 heavy (non-hydrogen) atoms. The normalized spacial score (nSPS) is 10.6. The minimum Gasteiger partial charge on any atom is -0.492 e. The smallest absolute Gasteiger partial charge is 0.238 e. The van der Waals surface area contributed by atoms with Crippen molar-refractivity contribution in [3.63, 3.8) is 0 Å². The van der Waals surface area contributed by atoms with E-state index in [1.165, 1.54) is 6.92 Å². The van der Waals surface area contributed by atoms with Crippen molar-refractivity contribution in [1.29, 1.82) is 0 Å². The molecule has 0 aliphatic heterocycles. The summed E-state index contributed by atoms with van der Waals surface area (Å²) >= 11 is 3.38. The first-order chi connectivity index (χ1) is 11.9. The summed E-state index contributed by atoms with van der Waals surface area (Å²) in [5.74, 6) is 0.691. The maximum atomic E-state index is 12.0. The average molecular weight is 405 g/mol. The molecule has 0 aromatic heterocycles. The van der Waals surface area contributed by atoms with Crippen molar-refractivity contribution < 1.29 is 14.3 Å². The third-order valence-corrected chi connectivity index (χ3v) is 4.07. The minimum absolute atomic E-state index is 0.00313. The molecular formula is C19H21BrN2O3. The van der Waals surface area contributed by atoms with Gasteiger partial charge in [0.2, 0.25) is 5.91 Å². The first-order valence-electron chi connectivity index (χ1n) is 7.92. The highest BCUT2D eigenvalue weighted by Crippen LogP contribution is 2.16. The number of benzene rings is 2. The summed E-state index contributed by atoms with van der Waals surface area (Å²) in [6, 6.07) is 14.5. The van der Waals surface area contributed by atoms with E-state index in [-0.39, 0.29) is 18.2 Å². The summed E-state index contributed by atoms with van der Waals surface area (Å²) < 4.78 is 6.65. The number of rotatable bonds is 8. The Hall–Kier alpha value is -2.18. The van der Waals surface area contributed by atoms with E-state index in [2.05, 4.69) is 21.2 Å². The first kappa shape index (κ1) is 19.1. The molecule has 0 saturated carbocycles. The number of amides is 1. The highest BCUT2D eigenvalue weighted by Gasteiger charge is 2.08. The van der Waals surface area contributed by atoms with Gasteiger partial charge in [-0.3, -0.25) is 14.5 Å². The molecule has 0 radical (unpaired) electrons. The van der Waals surface area contributed by atoms with Crippen LogP contribution in [0.25, 0.3) is 0 Å². The van der Waals surface area contributed by atoms with Gasteiger partial charge < -0.3 is 10.1 Å². The van der Waals surface area contributed by atoms with Crippen LogP contribution in [-0.2, 0) is 4.79 Å². The van der Waals surface area contributed by atoms with Crippen molar-refractivity contribution in [3.05, 3.63) is 58.6 Å². The standard InChI is InChI=1S/C19H21BrN2O3/c1-14(23)15-3-7-17(8-4-15)21-19(24)13-22(2)11-12-25-18-9-5-16(20)6-10-18/h3-10H,11-13H2,1-2H3,(H,21,24). The number of hydrogen-bond acceptors (Lipinski definition) is 4. The molecule has 0 aliphatic rings. The molecule has 2 rings (SSSR count). The fraction of sp³-hybridized carbons (Fsp3) is 0.263. The number of hydrogen-bond donors (Lipinski definition) is 1. The average Bonchev–Trinajstić information content (AvgIpc) is 2.57. The van der Waals surface area contributed by atoms with Crippen molar-refractivity contribution in [3.8, 4) is 5.75 Å². The Morgan fingerprint density at radius 3 is 2.32 bits per heavy atom. The number of nitrogens with one attached hydrogen (secondary N) is 1. The third-order valence-electron chi connectivity index (χ3n) is 3.54. The maximum Gasteiger partial charge on any atom is 0.238 e. The number of halogens is 1. The summed E-state index contributed by atoms with van der Waals surface area (Å²) in [5, 5.41) is 2.82. The molecule has 1 amide bonds. The van der Waals surface area contributed by atoms with E-state index in [4.69, 9.17) is 4.74 Å². The van der Waals surface area contributed by atoms with Crippen LogP contribution in [0.4, 0.5) is 5.69 Å².